The molecule has 2 amide bonds. The normalized spacial score (nSPS) is 16.1. The van der Waals surface area contributed by atoms with E-state index in [2.05, 4.69) is 41.5 Å². The Morgan fingerprint density at radius 2 is 2.03 bits per heavy atom. The van der Waals surface area contributed by atoms with Crippen LogP contribution in [0.4, 0.5) is 5.13 Å². The van der Waals surface area contributed by atoms with Crippen molar-refractivity contribution in [3.05, 3.63) is 57.1 Å². The second kappa shape index (κ2) is 9.10. The first kappa shape index (κ1) is 20.8. The van der Waals surface area contributed by atoms with Gasteiger partial charge in [0.1, 0.15) is 6.04 Å². The highest BCUT2D eigenvalue weighted by Gasteiger charge is 2.35. The van der Waals surface area contributed by atoms with E-state index < -0.39 is 6.04 Å². The molecule has 0 aliphatic carbocycles. The van der Waals surface area contributed by atoms with Crippen LogP contribution in [0.1, 0.15) is 46.3 Å². The number of amides is 2. The summed E-state index contributed by atoms with van der Waals surface area (Å²) in [6.45, 7) is 4.80. The molecule has 5 nitrogen and oxygen atoms in total. The zero-order chi connectivity index (χ0) is 21.1. The monoisotopic (exact) mass is 439 g/mol. The van der Waals surface area contributed by atoms with E-state index in [1.54, 1.807) is 4.90 Å². The van der Waals surface area contributed by atoms with Crippen LogP contribution in [0, 0.1) is 6.92 Å². The van der Waals surface area contributed by atoms with E-state index in [1.165, 1.54) is 28.2 Å². The fraction of sp³-hybridized carbons (Fsp3) is 0.348. The molecule has 1 aliphatic heterocycles. The molecule has 30 heavy (non-hydrogen) atoms. The van der Waals surface area contributed by atoms with Gasteiger partial charge >= 0.3 is 0 Å². The van der Waals surface area contributed by atoms with E-state index in [-0.39, 0.29) is 11.8 Å². The van der Waals surface area contributed by atoms with Gasteiger partial charge in [-0.05, 0) is 43.2 Å². The predicted molar refractivity (Wildman–Crippen MR) is 123 cm³/mol. The third kappa shape index (κ3) is 4.32. The summed E-state index contributed by atoms with van der Waals surface area (Å²) in [5, 5.41) is 5.42. The first-order valence-corrected chi connectivity index (χ1v) is 12.0. The smallest absolute Gasteiger partial charge is 0.264 e. The van der Waals surface area contributed by atoms with Crippen molar-refractivity contribution in [3.8, 4) is 11.3 Å². The van der Waals surface area contributed by atoms with Crippen molar-refractivity contribution < 1.29 is 9.59 Å². The quantitative estimate of drug-likeness (QED) is 0.561. The Morgan fingerprint density at radius 3 is 2.73 bits per heavy atom. The van der Waals surface area contributed by atoms with Crippen LogP contribution in [0.25, 0.3) is 11.3 Å². The molecule has 4 rings (SSSR count). The zero-order valence-electron chi connectivity index (χ0n) is 17.2. The number of thiazole rings is 1. The molecule has 1 aliphatic rings. The van der Waals surface area contributed by atoms with E-state index in [0.717, 1.165) is 35.4 Å². The Labute approximate surface area is 184 Å². The molecule has 0 spiro atoms. The van der Waals surface area contributed by atoms with Crippen molar-refractivity contribution in [3.63, 3.8) is 0 Å². The largest absolute Gasteiger partial charge is 0.326 e. The number of thiophene rings is 1. The van der Waals surface area contributed by atoms with Crippen LogP contribution in [0.15, 0.2) is 41.8 Å². The molecular formula is C23H25N3O2S2. The van der Waals surface area contributed by atoms with Crippen molar-refractivity contribution in [1.82, 2.24) is 9.88 Å². The highest BCUT2D eigenvalue weighted by Crippen LogP contribution is 2.31. The van der Waals surface area contributed by atoms with Gasteiger partial charge in [-0.2, -0.15) is 0 Å². The molecule has 7 heteroatoms. The Balaban J connectivity index is 1.47. The number of anilines is 1. The molecule has 0 unspecified atom stereocenters. The van der Waals surface area contributed by atoms with Crippen LogP contribution in [-0.2, 0) is 11.2 Å². The van der Waals surface area contributed by atoms with Gasteiger partial charge in [0.25, 0.3) is 5.91 Å². The number of hydrogen-bond donors (Lipinski definition) is 1. The van der Waals surface area contributed by atoms with Crippen molar-refractivity contribution in [2.24, 2.45) is 0 Å². The molecule has 3 heterocycles. The maximum atomic E-state index is 12.9. The molecule has 1 aromatic carbocycles. The number of hydrogen-bond acceptors (Lipinski definition) is 5. The number of nitrogens with one attached hydrogen (secondary N) is 1. The van der Waals surface area contributed by atoms with Crippen molar-refractivity contribution in [2.75, 3.05) is 11.9 Å². The minimum absolute atomic E-state index is 0.0640. The maximum absolute atomic E-state index is 12.9. The molecular weight excluding hydrogens is 414 g/mol. The number of carbonyl (C=O) groups is 2. The minimum atomic E-state index is -0.444. The van der Waals surface area contributed by atoms with Gasteiger partial charge in [-0.1, -0.05) is 43.7 Å². The van der Waals surface area contributed by atoms with E-state index >= 15 is 0 Å². The van der Waals surface area contributed by atoms with Gasteiger partial charge in [0, 0.05) is 17.0 Å². The number of aryl methyl sites for hydroxylation is 2. The third-order valence-electron chi connectivity index (χ3n) is 5.34. The minimum Gasteiger partial charge on any atom is -0.326 e. The number of rotatable bonds is 6. The van der Waals surface area contributed by atoms with Gasteiger partial charge < -0.3 is 10.2 Å². The first-order chi connectivity index (χ1) is 14.6. The molecule has 3 aromatic rings. The van der Waals surface area contributed by atoms with E-state index in [0.29, 0.717) is 23.0 Å². The van der Waals surface area contributed by atoms with E-state index in [1.807, 2.05) is 24.4 Å². The summed E-state index contributed by atoms with van der Waals surface area (Å²) in [5.41, 5.74) is 3.27. The number of benzene rings is 1. The van der Waals surface area contributed by atoms with Gasteiger partial charge in [-0.25, -0.2) is 4.98 Å². The van der Waals surface area contributed by atoms with Gasteiger partial charge in [0.05, 0.1) is 10.6 Å². The average molecular weight is 440 g/mol. The molecule has 0 radical (unpaired) electrons. The van der Waals surface area contributed by atoms with Gasteiger partial charge in [-0.3, -0.25) is 9.59 Å². The second-order valence-electron chi connectivity index (χ2n) is 7.49. The summed E-state index contributed by atoms with van der Waals surface area (Å²) in [6.07, 6.45) is 3.71. The molecule has 0 saturated carbocycles. The highest BCUT2D eigenvalue weighted by atomic mass is 32.1. The average Bonchev–Trinajstić information content (AvgIpc) is 3.49. The zero-order valence-corrected chi connectivity index (χ0v) is 18.8. The number of likely N-dealkylation sites (tertiary alicyclic amines) is 1. The Bertz CT molecular complexity index is 1030. The van der Waals surface area contributed by atoms with Gasteiger partial charge in [0.15, 0.2) is 5.13 Å². The second-order valence-corrected chi connectivity index (χ2v) is 9.64. The van der Waals surface area contributed by atoms with Crippen molar-refractivity contribution >= 4 is 39.6 Å². The lowest BCUT2D eigenvalue weighted by molar-refractivity contribution is -0.119. The molecule has 1 saturated heterocycles. The SMILES string of the molecule is CCCc1ccc(-c2nc(NC(=O)[C@@H]3CCCN3C(=O)c3cccs3)sc2C)cc1. The van der Waals surface area contributed by atoms with Crippen LogP contribution >= 0.6 is 22.7 Å². The molecule has 1 atom stereocenters. The Kier molecular flexibility index (Phi) is 6.29. The first-order valence-electron chi connectivity index (χ1n) is 10.3. The summed E-state index contributed by atoms with van der Waals surface area (Å²) in [6, 6.07) is 11.7. The van der Waals surface area contributed by atoms with Crippen molar-refractivity contribution in [2.45, 2.75) is 45.6 Å². The van der Waals surface area contributed by atoms with Gasteiger partial charge in [-0.15, -0.1) is 22.7 Å². The summed E-state index contributed by atoms with van der Waals surface area (Å²) in [5.74, 6) is -0.221. The van der Waals surface area contributed by atoms with Crippen LogP contribution in [-0.4, -0.2) is 34.3 Å². The van der Waals surface area contributed by atoms with Crippen LogP contribution in [0.5, 0.6) is 0 Å². The molecule has 0 bridgehead atoms. The lowest BCUT2D eigenvalue weighted by atomic mass is 10.1. The lowest BCUT2D eigenvalue weighted by Gasteiger charge is -2.22. The Morgan fingerprint density at radius 1 is 1.23 bits per heavy atom. The fourth-order valence-electron chi connectivity index (χ4n) is 3.85. The van der Waals surface area contributed by atoms with Crippen molar-refractivity contribution in [1.29, 1.82) is 0 Å². The summed E-state index contributed by atoms with van der Waals surface area (Å²) < 4.78 is 0. The summed E-state index contributed by atoms with van der Waals surface area (Å²) in [4.78, 5) is 33.8. The van der Waals surface area contributed by atoms with Gasteiger partial charge in [0.2, 0.25) is 5.91 Å². The number of nitrogens with zero attached hydrogens (tertiary/aromatic N) is 2. The predicted octanol–water partition coefficient (Wildman–Crippen LogP) is 5.38. The number of carbonyl (C=O) groups excluding carboxylic acids is 2. The third-order valence-corrected chi connectivity index (χ3v) is 7.09. The number of aromatic nitrogens is 1. The molecule has 1 N–H and O–H groups in total. The van der Waals surface area contributed by atoms with Crippen LogP contribution < -0.4 is 5.32 Å². The van der Waals surface area contributed by atoms with E-state index in [4.69, 9.17) is 0 Å². The lowest BCUT2D eigenvalue weighted by Crippen LogP contribution is -2.42. The fourth-order valence-corrected chi connectivity index (χ4v) is 5.37. The highest BCUT2D eigenvalue weighted by molar-refractivity contribution is 7.16. The maximum Gasteiger partial charge on any atom is 0.264 e. The van der Waals surface area contributed by atoms with Crippen LogP contribution in [0.2, 0.25) is 0 Å². The molecule has 2 aromatic heterocycles. The topological polar surface area (TPSA) is 62.3 Å². The summed E-state index contributed by atoms with van der Waals surface area (Å²) >= 11 is 2.88. The molecule has 156 valence electrons. The Hall–Kier alpha value is -2.51. The van der Waals surface area contributed by atoms with Crippen LogP contribution in [0.3, 0.4) is 0 Å². The summed E-state index contributed by atoms with van der Waals surface area (Å²) in [7, 11) is 0. The van der Waals surface area contributed by atoms with E-state index in [9.17, 15) is 9.59 Å². The molecule has 1 fully saturated rings. The standard InChI is InChI=1S/C23H25N3O2S2/c1-3-6-16-9-11-17(12-10-16)20-15(2)30-23(24-20)25-21(27)18-7-4-13-26(18)22(28)19-8-5-14-29-19/h5,8-12,14,18H,3-4,6-7,13H2,1-2H3,(H,24,25,27)/t18-/m0/s1.